The molecule has 0 spiro atoms. The van der Waals surface area contributed by atoms with Crippen LogP contribution in [0, 0.1) is 5.92 Å². The van der Waals surface area contributed by atoms with Gasteiger partial charge in [-0.1, -0.05) is 26.2 Å². The van der Waals surface area contributed by atoms with E-state index in [0.29, 0.717) is 6.42 Å². The Balaban J connectivity index is 2.91. The maximum Gasteiger partial charge on any atom is 0.336 e. The molecule has 0 aromatic rings. The zero-order valence-corrected chi connectivity index (χ0v) is 28.2. The highest BCUT2D eigenvalue weighted by atomic mass is 29.3. The van der Waals surface area contributed by atoms with Crippen LogP contribution < -0.4 is 0 Å². The predicted molar refractivity (Wildman–Crippen MR) is 154 cm³/mol. The first-order valence-corrected chi connectivity index (χ1v) is 25.9. The van der Waals surface area contributed by atoms with Gasteiger partial charge in [0.1, 0.15) is 0 Å². The molecule has 3 atom stereocenters. The minimum Gasteiger partial charge on any atom is -0.478 e. The lowest BCUT2D eigenvalue weighted by molar-refractivity contribution is -0.136. The second-order valence-electron chi connectivity index (χ2n) is 13.4. The molecule has 0 aromatic carbocycles. The van der Waals surface area contributed by atoms with Crippen molar-refractivity contribution >= 4 is 44.5 Å². The second-order valence-corrected chi connectivity index (χ2v) is 33.8. The number of carboxylic acids is 2. The molecule has 2 rings (SSSR count). The average molecular weight is 575 g/mol. The highest BCUT2D eigenvalue weighted by molar-refractivity contribution is 7.37. The van der Waals surface area contributed by atoms with Gasteiger partial charge in [0.25, 0.3) is 0 Å². The molecule has 208 valence electrons. The van der Waals surface area contributed by atoms with E-state index in [1.54, 1.807) is 0 Å². The molecule has 2 aliphatic rings. The van der Waals surface area contributed by atoms with Crippen LogP contribution in [0.5, 0.6) is 0 Å². The van der Waals surface area contributed by atoms with Gasteiger partial charge in [0.2, 0.25) is 7.83 Å². The Morgan fingerprint density at radius 3 is 1.92 bits per heavy atom. The fraction of sp³-hybridized carbons (Fsp3) is 0.840. The number of hydrogen-bond donors (Lipinski definition) is 2. The van der Waals surface area contributed by atoms with Crippen molar-refractivity contribution in [2.75, 3.05) is 0 Å². The molecule has 1 aliphatic carbocycles. The number of rotatable bonds is 10. The molecule has 2 fully saturated rings. The third-order valence-electron chi connectivity index (χ3n) is 7.41. The Morgan fingerprint density at radius 1 is 0.972 bits per heavy atom. The molecule has 0 aromatic heterocycles. The molecule has 1 saturated carbocycles. The maximum atomic E-state index is 13.1. The first-order valence-electron chi connectivity index (χ1n) is 13.6. The van der Waals surface area contributed by atoms with Crippen LogP contribution in [0.4, 0.5) is 0 Å². The van der Waals surface area contributed by atoms with Gasteiger partial charge in [-0.15, -0.1) is 0 Å². The van der Waals surface area contributed by atoms with Crippen LogP contribution in [0.2, 0.25) is 57.4 Å². The van der Waals surface area contributed by atoms with Gasteiger partial charge in [-0.2, -0.15) is 0 Å². The molecule has 2 N–H and O–H groups in total. The SMILES string of the molecule is CCC(C(C(=O)O)=C(C(=O)O)C1CCCCC1)[Si]1(O[Si](C)(C)C)CCC(C)(C)O[Si]1(C)O[Si](C)(C)C. The van der Waals surface area contributed by atoms with Crippen LogP contribution in [0.3, 0.4) is 0 Å². The molecule has 0 radical (unpaired) electrons. The number of hydrogen-bond acceptors (Lipinski definition) is 5. The van der Waals surface area contributed by atoms with Gasteiger partial charge in [-0.25, -0.2) is 9.59 Å². The van der Waals surface area contributed by atoms with Crippen LogP contribution in [-0.2, 0) is 22.2 Å². The largest absolute Gasteiger partial charge is 0.478 e. The molecular weight excluding hydrogens is 525 g/mol. The van der Waals surface area contributed by atoms with Gasteiger partial charge in [0, 0.05) is 5.54 Å². The van der Waals surface area contributed by atoms with E-state index < -0.39 is 55.6 Å². The molecule has 1 saturated heterocycles. The summed E-state index contributed by atoms with van der Waals surface area (Å²) < 4.78 is 21.2. The van der Waals surface area contributed by atoms with Crippen LogP contribution in [0.15, 0.2) is 11.1 Å². The minimum absolute atomic E-state index is 0.0722. The quantitative estimate of drug-likeness (QED) is 0.218. The van der Waals surface area contributed by atoms with E-state index in [1.165, 1.54) is 0 Å². The normalized spacial score (nSPS) is 29.4. The average Bonchev–Trinajstić information content (AvgIpc) is 2.68. The van der Waals surface area contributed by atoms with Gasteiger partial charge >= 0.3 is 20.0 Å². The number of carboxylic acid groups (broad SMARTS) is 2. The van der Waals surface area contributed by atoms with E-state index in [0.717, 1.165) is 44.6 Å². The standard InChI is InChI=1S/C25H50O7Si4/c1-11-20(22(24(28)29)21(23(26)27)19-15-13-12-14-16-19)36(32-34(7,8)9)18-17-25(2,3)30-35(36,10)31-33(4,5)6/h19-20H,11-18H2,1-10H3,(H,26,27)(H,28,29). The molecule has 1 heterocycles. The van der Waals surface area contributed by atoms with E-state index in [2.05, 4.69) is 59.7 Å². The summed E-state index contributed by atoms with van der Waals surface area (Å²) in [6, 6.07) is 0.727. The Morgan fingerprint density at radius 2 is 1.50 bits per heavy atom. The van der Waals surface area contributed by atoms with Crippen LogP contribution in [0.25, 0.3) is 0 Å². The van der Waals surface area contributed by atoms with Crippen molar-refractivity contribution in [3.63, 3.8) is 0 Å². The summed E-state index contributed by atoms with van der Waals surface area (Å²) >= 11 is 0. The summed E-state index contributed by atoms with van der Waals surface area (Å²) in [6.45, 7) is 21.1. The van der Waals surface area contributed by atoms with Crippen LogP contribution in [0.1, 0.15) is 65.7 Å². The van der Waals surface area contributed by atoms with Gasteiger partial charge in [0.05, 0.1) is 16.7 Å². The van der Waals surface area contributed by atoms with Gasteiger partial charge < -0.3 is 22.9 Å². The second kappa shape index (κ2) is 11.3. The van der Waals surface area contributed by atoms with Crippen molar-refractivity contribution in [1.82, 2.24) is 0 Å². The molecule has 0 amide bonds. The number of aliphatic carboxylic acids is 2. The third kappa shape index (κ3) is 7.29. The summed E-state index contributed by atoms with van der Waals surface area (Å²) in [7, 11) is -10.5. The fourth-order valence-electron chi connectivity index (χ4n) is 6.44. The maximum absolute atomic E-state index is 13.1. The van der Waals surface area contributed by atoms with Crippen molar-refractivity contribution in [2.45, 2.75) is 129 Å². The molecule has 7 nitrogen and oxygen atoms in total. The summed E-state index contributed by atoms with van der Waals surface area (Å²) in [4.78, 5) is 25.8. The van der Waals surface area contributed by atoms with Crippen molar-refractivity contribution in [1.29, 1.82) is 0 Å². The molecular formula is C25H50O7Si4. The van der Waals surface area contributed by atoms with Crippen LogP contribution in [-0.4, -0.2) is 60.3 Å². The third-order valence-corrected chi connectivity index (χ3v) is 29.2. The van der Waals surface area contributed by atoms with E-state index in [9.17, 15) is 19.8 Å². The van der Waals surface area contributed by atoms with E-state index in [-0.39, 0.29) is 17.1 Å². The summed E-state index contributed by atoms with van der Waals surface area (Å²) in [6.07, 6.45) is 5.63. The lowest BCUT2D eigenvalue weighted by atomic mass is 9.81. The smallest absolute Gasteiger partial charge is 0.336 e. The van der Waals surface area contributed by atoms with Gasteiger partial charge in [-0.3, -0.25) is 0 Å². The molecule has 1 aliphatic heterocycles. The molecule has 11 heteroatoms. The lowest BCUT2D eigenvalue weighted by Crippen LogP contribution is -2.77. The zero-order valence-electron chi connectivity index (χ0n) is 24.2. The topological polar surface area (TPSA) is 102 Å². The van der Waals surface area contributed by atoms with Crippen molar-refractivity contribution in [3.05, 3.63) is 11.1 Å². The number of carbonyl (C=O) groups is 2. The molecule has 3 unspecified atom stereocenters. The van der Waals surface area contributed by atoms with E-state index in [1.807, 2.05) is 6.92 Å². The summed E-state index contributed by atoms with van der Waals surface area (Å²) in [5.41, 5.74) is -0.721. The lowest BCUT2D eigenvalue weighted by Gasteiger charge is -2.58. The molecule has 36 heavy (non-hydrogen) atoms. The monoisotopic (exact) mass is 574 g/mol. The summed E-state index contributed by atoms with van der Waals surface area (Å²) in [5.74, 6) is -2.45. The van der Waals surface area contributed by atoms with Crippen molar-refractivity contribution in [3.8, 4) is 0 Å². The first kappa shape index (κ1) is 31.6. The predicted octanol–water partition coefficient (Wildman–Crippen LogP) is 6.81. The van der Waals surface area contributed by atoms with E-state index >= 15 is 0 Å². The van der Waals surface area contributed by atoms with Crippen molar-refractivity contribution < 1.29 is 32.5 Å². The highest BCUT2D eigenvalue weighted by Crippen LogP contribution is 2.52. The minimum atomic E-state index is -3.11. The zero-order chi connectivity index (χ0) is 27.7. The Labute approximate surface area is 222 Å². The Hall–Kier alpha value is -0.572. The first-order chi connectivity index (χ1) is 16.3. The Kier molecular flexibility index (Phi) is 9.91. The molecule has 0 bridgehead atoms. The fourth-order valence-corrected chi connectivity index (χ4v) is 38.0. The Bertz CT molecular complexity index is 851. The summed E-state index contributed by atoms with van der Waals surface area (Å²) in [5, 5.41) is 21.1. The van der Waals surface area contributed by atoms with Crippen molar-refractivity contribution in [2.24, 2.45) is 5.92 Å². The van der Waals surface area contributed by atoms with Gasteiger partial charge in [0.15, 0.2) is 16.6 Å². The van der Waals surface area contributed by atoms with Crippen LogP contribution >= 0.6 is 0 Å². The highest BCUT2D eigenvalue weighted by Gasteiger charge is 2.69. The van der Waals surface area contributed by atoms with E-state index in [4.69, 9.17) is 12.7 Å². The van der Waals surface area contributed by atoms with Gasteiger partial charge in [-0.05, 0) is 97.3 Å².